The molecule has 0 bridgehead atoms. The normalized spacial score (nSPS) is 21.9. The van der Waals surface area contributed by atoms with E-state index in [9.17, 15) is 9.18 Å². The highest BCUT2D eigenvalue weighted by Crippen LogP contribution is 2.42. The molecule has 2 atom stereocenters. The Morgan fingerprint density at radius 3 is 2.73 bits per heavy atom. The SMILES string of the molecule is C[C@]1(c2cncc(-c3ncccc3F)c2)NC(=O)O[C@@H]1c1ccccc1. The molecule has 26 heavy (non-hydrogen) atoms. The highest BCUT2D eigenvalue weighted by molar-refractivity contribution is 5.73. The van der Waals surface area contributed by atoms with Crippen molar-refractivity contribution in [2.45, 2.75) is 18.6 Å². The van der Waals surface area contributed by atoms with Crippen LogP contribution in [0.15, 0.2) is 67.1 Å². The molecule has 1 fully saturated rings. The maximum atomic E-state index is 14.1. The van der Waals surface area contributed by atoms with Crippen LogP contribution in [0.2, 0.25) is 0 Å². The average molecular weight is 349 g/mol. The van der Waals surface area contributed by atoms with Gasteiger partial charge < -0.3 is 10.1 Å². The zero-order chi connectivity index (χ0) is 18.1. The minimum atomic E-state index is -0.841. The van der Waals surface area contributed by atoms with Crippen LogP contribution in [0.4, 0.5) is 9.18 Å². The Bertz CT molecular complexity index is 964. The van der Waals surface area contributed by atoms with E-state index in [0.29, 0.717) is 11.1 Å². The lowest BCUT2D eigenvalue weighted by molar-refractivity contribution is 0.112. The minimum Gasteiger partial charge on any atom is -0.438 e. The van der Waals surface area contributed by atoms with Gasteiger partial charge in [0.15, 0.2) is 6.10 Å². The number of rotatable bonds is 3. The van der Waals surface area contributed by atoms with Crippen molar-refractivity contribution in [2.24, 2.45) is 0 Å². The lowest BCUT2D eigenvalue weighted by Gasteiger charge is -2.29. The average Bonchev–Trinajstić information content (AvgIpc) is 2.98. The van der Waals surface area contributed by atoms with Crippen LogP contribution in [0.1, 0.15) is 24.2 Å². The topological polar surface area (TPSA) is 64.1 Å². The summed E-state index contributed by atoms with van der Waals surface area (Å²) in [6.07, 6.45) is 3.69. The number of aromatic nitrogens is 2. The van der Waals surface area contributed by atoms with Gasteiger partial charge in [-0.25, -0.2) is 9.18 Å². The Kier molecular flexibility index (Phi) is 3.88. The smallest absolute Gasteiger partial charge is 0.408 e. The second-order valence-electron chi connectivity index (χ2n) is 6.32. The second kappa shape index (κ2) is 6.22. The van der Waals surface area contributed by atoms with Crippen LogP contribution in [0.25, 0.3) is 11.3 Å². The van der Waals surface area contributed by atoms with Gasteiger partial charge in [-0.1, -0.05) is 30.3 Å². The summed E-state index contributed by atoms with van der Waals surface area (Å²) in [4.78, 5) is 20.3. The molecule has 1 aliphatic heterocycles. The van der Waals surface area contributed by atoms with Crippen LogP contribution in [-0.2, 0) is 10.3 Å². The van der Waals surface area contributed by atoms with Crippen molar-refractivity contribution in [3.63, 3.8) is 0 Å². The fourth-order valence-electron chi connectivity index (χ4n) is 3.24. The van der Waals surface area contributed by atoms with Crippen LogP contribution >= 0.6 is 0 Å². The summed E-state index contributed by atoms with van der Waals surface area (Å²) in [5.41, 5.74) is 1.48. The number of carbonyl (C=O) groups is 1. The van der Waals surface area contributed by atoms with Crippen LogP contribution in [0, 0.1) is 5.82 Å². The fraction of sp³-hybridized carbons (Fsp3) is 0.150. The largest absolute Gasteiger partial charge is 0.438 e. The molecule has 4 rings (SSSR count). The molecule has 0 aliphatic carbocycles. The monoisotopic (exact) mass is 349 g/mol. The third kappa shape index (κ3) is 2.69. The van der Waals surface area contributed by atoms with Crippen molar-refractivity contribution in [3.8, 4) is 11.3 Å². The molecule has 2 aromatic heterocycles. The summed E-state index contributed by atoms with van der Waals surface area (Å²) < 4.78 is 19.6. The molecule has 1 amide bonds. The number of cyclic esters (lactones) is 1. The Morgan fingerprint density at radius 2 is 1.96 bits per heavy atom. The molecule has 6 heteroatoms. The first-order chi connectivity index (χ1) is 12.6. The fourth-order valence-corrected chi connectivity index (χ4v) is 3.24. The molecule has 1 aromatic carbocycles. The van der Waals surface area contributed by atoms with Crippen molar-refractivity contribution in [1.29, 1.82) is 0 Å². The first-order valence-corrected chi connectivity index (χ1v) is 8.18. The van der Waals surface area contributed by atoms with Gasteiger partial charge in [-0.05, 0) is 30.7 Å². The maximum Gasteiger partial charge on any atom is 0.408 e. The number of carbonyl (C=O) groups excluding carboxylic acids is 1. The van der Waals surface area contributed by atoms with Crippen molar-refractivity contribution in [3.05, 3.63) is 84.1 Å². The van der Waals surface area contributed by atoms with Gasteiger partial charge in [0.05, 0.1) is 0 Å². The van der Waals surface area contributed by atoms with Crippen molar-refractivity contribution < 1.29 is 13.9 Å². The Morgan fingerprint density at radius 1 is 1.15 bits per heavy atom. The summed E-state index contributed by atoms with van der Waals surface area (Å²) in [5, 5.41) is 2.87. The first-order valence-electron chi connectivity index (χ1n) is 8.18. The Balaban J connectivity index is 1.80. The molecule has 1 saturated heterocycles. The quantitative estimate of drug-likeness (QED) is 0.777. The number of hydrogen-bond donors (Lipinski definition) is 1. The summed E-state index contributed by atoms with van der Waals surface area (Å²) in [6, 6.07) is 14.1. The van der Waals surface area contributed by atoms with E-state index >= 15 is 0 Å². The number of benzene rings is 1. The van der Waals surface area contributed by atoms with Gasteiger partial charge in [-0.3, -0.25) is 9.97 Å². The van der Waals surface area contributed by atoms with Crippen molar-refractivity contribution in [2.75, 3.05) is 0 Å². The summed E-state index contributed by atoms with van der Waals surface area (Å²) in [5.74, 6) is -0.428. The van der Waals surface area contributed by atoms with Gasteiger partial charge in [0.1, 0.15) is 17.1 Å². The third-order valence-electron chi connectivity index (χ3n) is 4.58. The van der Waals surface area contributed by atoms with Crippen molar-refractivity contribution >= 4 is 6.09 Å². The molecule has 3 aromatic rings. The molecule has 0 saturated carbocycles. The molecule has 130 valence electrons. The molecular weight excluding hydrogens is 333 g/mol. The first kappa shape index (κ1) is 16.2. The molecule has 1 N–H and O–H groups in total. The van der Waals surface area contributed by atoms with Gasteiger partial charge in [0.25, 0.3) is 0 Å². The van der Waals surface area contributed by atoms with E-state index in [0.717, 1.165) is 5.56 Å². The van der Waals surface area contributed by atoms with E-state index in [4.69, 9.17) is 4.74 Å². The van der Waals surface area contributed by atoms with Gasteiger partial charge >= 0.3 is 6.09 Å². The maximum absolute atomic E-state index is 14.1. The van der Waals surface area contributed by atoms with Crippen molar-refractivity contribution in [1.82, 2.24) is 15.3 Å². The number of nitrogens with one attached hydrogen (secondary N) is 1. The number of pyridine rings is 2. The van der Waals surface area contributed by atoms with E-state index in [1.54, 1.807) is 18.5 Å². The molecule has 0 radical (unpaired) electrons. The standard InChI is InChI=1S/C20H16FN3O2/c1-20(18(26-19(25)24-20)13-6-3-2-4-7-13)15-10-14(11-22-12-15)17-16(21)8-5-9-23-17/h2-12,18H,1H3,(H,24,25)/t18-,20-/m1/s1. The number of halogens is 1. The van der Waals surface area contributed by atoms with E-state index in [2.05, 4.69) is 15.3 Å². The summed E-state index contributed by atoms with van der Waals surface area (Å²) in [6.45, 7) is 1.87. The zero-order valence-corrected chi connectivity index (χ0v) is 14.0. The molecule has 1 aliphatic rings. The van der Waals surface area contributed by atoms with Crippen LogP contribution < -0.4 is 5.32 Å². The Hall–Kier alpha value is -3.28. The van der Waals surface area contributed by atoms with Gasteiger partial charge in [0, 0.05) is 29.7 Å². The highest BCUT2D eigenvalue weighted by atomic mass is 19.1. The van der Waals surface area contributed by atoms with Crippen LogP contribution in [0.3, 0.4) is 0 Å². The zero-order valence-electron chi connectivity index (χ0n) is 14.0. The summed E-state index contributed by atoms with van der Waals surface area (Å²) >= 11 is 0. The number of hydrogen-bond acceptors (Lipinski definition) is 4. The lowest BCUT2D eigenvalue weighted by atomic mass is 9.84. The number of nitrogens with zero attached hydrogens (tertiary/aromatic N) is 2. The van der Waals surface area contributed by atoms with Gasteiger partial charge in [0.2, 0.25) is 0 Å². The Labute approximate surface area is 149 Å². The number of alkyl carbamates (subject to hydrolysis) is 1. The second-order valence-corrected chi connectivity index (χ2v) is 6.32. The number of amides is 1. The molecule has 0 spiro atoms. The highest BCUT2D eigenvalue weighted by Gasteiger charge is 2.47. The number of ether oxygens (including phenoxy) is 1. The van der Waals surface area contributed by atoms with E-state index in [1.807, 2.05) is 37.3 Å². The van der Waals surface area contributed by atoms with E-state index < -0.39 is 23.6 Å². The van der Waals surface area contributed by atoms with Gasteiger partial charge in [-0.15, -0.1) is 0 Å². The lowest BCUT2D eigenvalue weighted by Crippen LogP contribution is -2.39. The third-order valence-corrected chi connectivity index (χ3v) is 4.58. The van der Waals surface area contributed by atoms with E-state index in [1.165, 1.54) is 18.3 Å². The molecular formula is C20H16FN3O2. The molecule has 3 heterocycles. The predicted octanol–water partition coefficient (Wildman–Crippen LogP) is 3.98. The van der Waals surface area contributed by atoms with Gasteiger partial charge in [-0.2, -0.15) is 0 Å². The van der Waals surface area contributed by atoms with E-state index in [-0.39, 0.29) is 5.69 Å². The molecule has 0 unspecified atom stereocenters. The molecule has 5 nitrogen and oxygen atoms in total. The summed E-state index contributed by atoms with van der Waals surface area (Å²) in [7, 11) is 0. The predicted molar refractivity (Wildman–Crippen MR) is 93.6 cm³/mol. The van der Waals surface area contributed by atoms with Crippen LogP contribution in [-0.4, -0.2) is 16.1 Å². The van der Waals surface area contributed by atoms with Crippen LogP contribution in [0.5, 0.6) is 0 Å². The minimum absolute atomic E-state index is 0.215.